The SMILES string of the molecule is CC(C)(C)OC(=O)Nc1ccc(CN2CCC[C@@H](c3ccc(C(=O)O)c(C(=O)O)c3)C2)cc1. The Morgan fingerprint density at radius 1 is 1.03 bits per heavy atom. The molecule has 0 radical (unpaired) electrons. The number of hydrogen-bond acceptors (Lipinski definition) is 5. The quantitative estimate of drug-likeness (QED) is 0.573. The maximum Gasteiger partial charge on any atom is 0.412 e. The summed E-state index contributed by atoms with van der Waals surface area (Å²) in [6, 6.07) is 12.2. The molecular weight excluding hydrogens is 424 g/mol. The number of carbonyl (C=O) groups excluding carboxylic acids is 1. The highest BCUT2D eigenvalue weighted by Crippen LogP contribution is 2.29. The number of amides is 1. The van der Waals surface area contributed by atoms with Gasteiger partial charge < -0.3 is 14.9 Å². The van der Waals surface area contributed by atoms with E-state index in [1.54, 1.807) is 6.07 Å². The van der Waals surface area contributed by atoms with Gasteiger partial charge in [-0.1, -0.05) is 18.2 Å². The van der Waals surface area contributed by atoms with E-state index in [-0.39, 0.29) is 17.0 Å². The van der Waals surface area contributed by atoms with E-state index < -0.39 is 23.6 Å². The van der Waals surface area contributed by atoms with Crippen LogP contribution in [0.5, 0.6) is 0 Å². The van der Waals surface area contributed by atoms with E-state index >= 15 is 0 Å². The maximum absolute atomic E-state index is 11.9. The van der Waals surface area contributed by atoms with E-state index in [1.165, 1.54) is 12.1 Å². The molecule has 1 aliphatic rings. The topological polar surface area (TPSA) is 116 Å². The van der Waals surface area contributed by atoms with Gasteiger partial charge >= 0.3 is 18.0 Å². The predicted molar refractivity (Wildman–Crippen MR) is 124 cm³/mol. The maximum atomic E-state index is 11.9. The molecule has 3 rings (SSSR count). The monoisotopic (exact) mass is 454 g/mol. The lowest BCUT2D eigenvalue weighted by Crippen LogP contribution is -2.34. The number of rotatable bonds is 6. The van der Waals surface area contributed by atoms with E-state index in [0.29, 0.717) is 5.69 Å². The first-order valence-corrected chi connectivity index (χ1v) is 10.9. The van der Waals surface area contributed by atoms with Crippen LogP contribution in [0.1, 0.15) is 71.4 Å². The molecular formula is C25H30N2O6. The fourth-order valence-corrected chi connectivity index (χ4v) is 4.02. The minimum Gasteiger partial charge on any atom is -0.478 e. The number of carboxylic acid groups (broad SMARTS) is 2. The lowest BCUT2D eigenvalue weighted by molar-refractivity contribution is 0.0633. The largest absolute Gasteiger partial charge is 0.478 e. The van der Waals surface area contributed by atoms with E-state index in [0.717, 1.165) is 43.6 Å². The smallest absolute Gasteiger partial charge is 0.412 e. The van der Waals surface area contributed by atoms with E-state index in [4.69, 9.17) is 4.74 Å². The highest BCUT2D eigenvalue weighted by atomic mass is 16.6. The molecule has 2 aromatic rings. The minimum absolute atomic E-state index is 0.132. The van der Waals surface area contributed by atoms with Gasteiger partial charge in [0, 0.05) is 18.8 Å². The molecule has 1 atom stereocenters. The van der Waals surface area contributed by atoms with Crippen molar-refractivity contribution < 1.29 is 29.3 Å². The van der Waals surface area contributed by atoms with Gasteiger partial charge in [0.2, 0.25) is 0 Å². The summed E-state index contributed by atoms with van der Waals surface area (Å²) < 4.78 is 5.26. The second-order valence-corrected chi connectivity index (χ2v) is 9.31. The Bertz CT molecular complexity index is 1030. The summed E-state index contributed by atoms with van der Waals surface area (Å²) in [5.41, 5.74) is 1.67. The Labute approximate surface area is 193 Å². The lowest BCUT2D eigenvalue weighted by Gasteiger charge is -2.33. The molecule has 1 aliphatic heterocycles. The van der Waals surface area contributed by atoms with E-state index in [9.17, 15) is 24.6 Å². The van der Waals surface area contributed by atoms with Crippen molar-refractivity contribution in [3.63, 3.8) is 0 Å². The van der Waals surface area contributed by atoms with Crippen molar-refractivity contribution in [2.75, 3.05) is 18.4 Å². The van der Waals surface area contributed by atoms with Crippen molar-refractivity contribution in [3.8, 4) is 0 Å². The molecule has 1 fully saturated rings. The molecule has 0 aliphatic carbocycles. The summed E-state index contributed by atoms with van der Waals surface area (Å²) in [6.07, 6.45) is 1.39. The van der Waals surface area contributed by atoms with Crippen molar-refractivity contribution in [3.05, 3.63) is 64.7 Å². The third kappa shape index (κ3) is 6.79. The molecule has 2 aromatic carbocycles. The van der Waals surface area contributed by atoms with Crippen LogP contribution in [-0.4, -0.2) is 51.8 Å². The second-order valence-electron chi connectivity index (χ2n) is 9.31. The number of piperidine rings is 1. The number of nitrogens with one attached hydrogen (secondary N) is 1. The van der Waals surface area contributed by atoms with Gasteiger partial charge in [-0.05, 0) is 81.5 Å². The molecule has 0 bridgehead atoms. The van der Waals surface area contributed by atoms with Crippen LogP contribution in [-0.2, 0) is 11.3 Å². The standard InChI is InChI=1S/C25H30N2O6/c1-25(2,3)33-24(32)26-19-9-6-16(7-10-19)14-27-12-4-5-18(15-27)17-8-11-20(22(28)29)21(13-17)23(30)31/h6-11,13,18H,4-5,12,14-15H2,1-3H3,(H,26,32)(H,28,29)(H,30,31)/t18-/m1/s1. The zero-order chi connectivity index (χ0) is 24.2. The highest BCUT2D eigenvalue weighted by molar-refractivity contribution is 6.01. The minimum atomic E-state index is -1.24. The van der Waals surface area contributed by atoms with Crippen LogP contribution in [0.2, 0.25) is 0 Å². The number of likely N-dealkylation sites (tertiary alicyclic amines) is 1. The summed E-state index contributed by atoms with van der Waals surface area (Å²) >= 11 is 0. The van der Waals surface area contributed by atoms with Crippen LogP contribution in [0.25, 0.3) is 0 Å². The van der Waals surface area contributed by atoms with Gasteiger partial charge in [-0.15, -0.1) is 0 Å². The van der Waals surface area contributed by atoms with Gasteiger partial charge in [-0.2, -0.15) is 0 Å². The third-order valence-corrected chi connectivity index (χ3v) is 5.49. The molecule has 0 unspecified atom stereocenters. The van der Waals surface area contributed by atoms with Crippen molar-refractivity contribution in [2.45, 2.75) is 51.7 Å². The first-order valence-electron chi connectivity index (χ1n) is 10.9. The Morgan fingerprint density at radius 3 is 2.30 bits per heavy atom. The fraction of sp³-hybridized carbons (Fsp3) is 0.400. The number of benzene rings is 2. The van der Waals surface area contributed by atoms with Gasteiger partial charge in [-0.25, -0.2) is 14.4 Å². The highest BCUT2D eigenvalue weighted by Gasteiger charge is 2.24. The van der Waals surface area contributed by atoms with Crippen LogP contribution >= 0.6 is 0 Å². The number of nitrogens with zero attached hydrogens (tertiary/aromatic N) is 1. The lowest BCUT2D eigenvalue weighted by atomic mass is 9.88. The Hall–Kier alpha value is -3.39. The molecule has 1 heterocycles. The van der Waals surface area contributed by atoms with E-state index in [2.05, 4.69) is 10.2 Å². The van der Waals surface area contributed by atoms with Crippen molar-refractivity contribution >= 4 is 23.7 Å². The molecule has 0 spiro atoms. The van der Waals surface area contributed by atoms with Crippen molar-refractivity contribution in [1.29, 1.82) is 0 Å². The molecule has 8 heteroatoms. The van der Waals surface area contributed by atoms with Crippen LogP contribution in [0.15, 0.2) is 42.5 Å². The Morgan fingerprint density at radius 2 is 1.70 bits per heavy atom. The normalized spacial score (nSPS) is 16.8. The number of anilines is 1. The number of aromatic carboxylic acids is 2. The average Bonchev–Trinajstić information content (AvgIpc) is 2.73. The first kappa shape index (κ1) is 24.3. The summed E-state index contributed by atoms with van der Waals surface area (Å²) in [5, 5.41) is 21.4. The molecule has 3 N–H and O–H groups in total. The number of carboxylic acids is 2. The van der Waals surface area contributed by atoms with Crippen LogP contribution in [0, 0.1) is 0 Å². The number of ether oxygens (including phenoxy) is 1. The number of hydrogen-bond donors (Lipinski definition) is 3. The fourth-order valence-electron chi connectivity index (χ4n) is 4.02. The summed E-state index contributed by atoms with van der Waals surface area (Å²) in [4.78, 5) is 37.0. The molecule has 0 saturated carbocycles. The second kappa shape index (κ2) is 10.0. The zero-order valence-electron chi connectivity index (χ0n) is 19.1. The predicted octanol–water partition coefficient (Wildman–Crippen LogP) is 4.81. The summed E-state index contributed by atoms with van der Waals surface area (Å²) in [6.45, 7) is 7.83. The molecule has 1 amide bonds. The molecule has 0 aromatic heterocycles. The molecule has 176 valence electrons. The van der Waals surface area contributed by atoms with Gasteiger partial charge in [-0.3, -0.25) is 10.2 Å². The first-order chi connectivity index (χ1) is 15.5. The van der Waals surface area contributed by atoms with Crippen molar-refractivity contribution in [1.82, 2.24) is 4.90 Å². The Balaban J connectivity index is 1.63. The van der Waals surface area contributed by atoms with Crippen LogP contribution < -0.4 is 5.32 Å². The average molecular weight is 455 g/mol. The van der Waals surface area contributed by atoms with E-state index in [1.807, 2.05) is 45.0 Å². The number of carbonyl (C=O) groups is 3. The van der Waals surface area contributed by atoms with Gasteiger partial charge in [0.1, 0.15) is 5.60 Å². The van der Waals surface area contributed by atoms with Crippen LogP contribution in [0.4, 0.5) is 10.5 Å². The zero-order valence-corrected chi connectivity index (χ0v) is 19.1. The summed E-state index contributed by atoms with van der Waals surface area (Å²) in [7, 11) is 0. The molecule has 33 heavy (non-hydrogen) atoms. The van der Waals surface area contributed by atoms with Gasteiger partial charge in [0.25, 0.3) is 0 Å². The Kier molecular flexibility index (Phi) is 7.38. The summed E-state index contributed by atoms with van der Waals surface area (Å²) in [5.74, 6) is -2.34. The van der Waals surface area contributed by atoms with Gasteiger partial charge in [0.05, 0.1) is 11.1 Å². The van der Waals surface area contributed by atoms with Crippen LogP contribution in [0.3, 0.4) is 0 Å². The van der Waals surface area contributed by atoms with Gasteiger partial charge in [0.15, 0.2) is 0 Å². The van der Waals surface area contributed by atoms with Crippen molar-refractivity contribution in [2.24, 2.45) is 0 Å². The molecule has 1 saturated heterocycles. The molecule has 8 nitrogen and oxygen atoms in total. The third-order valence-electron chi connectivity index (χ3n) is 5.49.